The highest BCUT2D eigenvalue weighted by Crippen LogP contribution is 2.21. The van der Waals surface area contributed by atoms with Gasteiger partial charge in [-0.25, -0.2) is 19.5 Å². The lowest BCUT2D eigenvalue weighted by Gasteiger charge is -2.33. The number of aromatic nitrogens is 4. The first kappa shape index (κ1) is 14.1. The summed E-state index contributed by atoms with van der Waals surface area (Å²) in [5, 5.41) is 14.8. The third-order valence-electron chi connectivity index (χ3n) is 2.89. The van der Waals surface area contributed by atoms with E-state index < -0.39 is 11.6 Å². The Bertz CT molecular complexity index is 635. The molecule has 7 nitrogen and oxygen atoms in total. The average molecular weight is 277 g/mol. The number of carboxylic acid groups (broad SMARTS) is 1. The molecule has 0 unspecified atom stereocenters. The Labute approximate surface area is 117 Å². The summed E-state index contributed by atoms with van der Waals surface area (Å²) in [7, 11) is 1.83. The SMILES string of the molecule is Cc1nc(-c2cnn(C)c2)cn1N(C(=O)O)C(C)(C)C. The highest BCUT2D eigenvalue weighted by molar-refractivity contribution is 5.78. The van der Waals surface area contributed by atoms with Crippen LogP contribution in [0.1, 0.15) is 26.6 Å². The molecule has 0 aromatic carbocycles. The number of imidazole rings is 1. The van der Waals surface area contributed by atoms with E-state index in [0.29, 0.717) is 11.5 Å². The van der Waals surface area contributed by atoms with Gasteiger partial charge in [0.15, 0.2) is 0 Å². The largest absolute Gasteiger partial charge is 0.464 e. The normalized spacial score (nSPS) is 11.7. The van der Waals surface area contributed by atoms with Crippen LogP contribution in [0.3, 0.4) is 0 Å². The molecule has 0 atom stereocenters. The van der Waals surface area contributed by atoms with E-state index in [1.165, 1.54) is 5.01 Å². The molecule has 0 aliphatic carbocycles. The van der Waals surface area contributed by atoms with Crippen molar-refractivity contribution in [3.8, 4) is 11.3 Å². The van der Waals surface area contributed by atoms with Crippen molar-refractivity contribution in [3.05, 3.63) is 24.4 Å². The second-order valence-corrected chi connectivity index (χ2v) is 5.69. The van der Waals surface area contributed by atoms with E-state index in [4.69, 9.17) is 0 Å². The zero-order valence-corrected chi connectivity index (χ0v) is 12.3. The molecule has 0 spiro atoms. The zero-order valence-electron chi connectivity index (χ0n) is 12.3. The molecule has 0 saturated carbocycles. The van der Waals surface area contributed by atoms with Gasteiger partial charge in [-0.15, -0.1) is 0 Å². The fraction of sp³-hybridized carbons (Fsp3) is 0.462. The van der Waals surface area contributed by atoms with Crippen LogP contribution in [-0.2, 0) is 7.05 Å². The van der Waals surface area contributed by atoms with Crippen LogP contribution in [-0.4, -0.2) is 36.2 Å². The number of hydrogen-bond donors (Lipinski definition) is 1. The Morgan fingerprint density at radius 2 is 2.00 bits per heavy atom. The van der Waals surface area contributed by atoms with Crippen LogP contribution < -0.4 is 5.01 Å². The maximum atomic E-state index is 11.5. The third kappa shape index (κ3) is 2.52. The van der Waals surface area contributed by atoms with Gasteiger partial charge in [0.25, 0.3) is 0 Å². The second-order valence-electron chi connectivity index (χ2n) is 5.69. The smallest absolute Gasteiger partial charge is 0.427 e. The lowest BCUT2D eigenvalue weighted by atomic mass is 10.1. The molecular weight excluding hydrogens is 258 g/mol. The lowest BCUT2D eigenvalue weighted by Crippen LogP contribution is -2.52. The first-order chi connectivity index (χ1) is 9.20. The predicted molar refractivity (Wildman–Crippen MR) is 75.2 cm³/mol. The maximum absolute atomic E-state index is 11.5. The Morgan fingerprint density at radius 1 is 1.35 bits per heavy atom. The molecule has 2 heterocycles. The van der Waals surface area contributed by atoms with Crippen molar-refractivity contribution in [2.75, 3.05) is 5.01 Å². The van der Waals surface area contributed by atoms with Crippen molar-refractivity contribution >= 4 is 6.09 Å². The quantitative estimate of drug-likeness (QED) is 0.911. The Hall–Kier alpha value is -2.31. The molecular formula is C13H19N5O2. The summed E-state index contributed by atoms with van der Waals surface area (Å²) in [5.74, 6) is 0.612. The molecule has 108 valence electrons. The molecule has 1 N–H and O–H groups in total. The summed E-state index contributed by atoms with van der Waals surface area (Å²) in [6.45, 7) is 7.29. The van der Waals surface area contributed by atoms with Crippen LogP contribution in [0.4, 0.5) is 4.79 Å². The number of aryl methyl sites for hydroxylation is 2. The average Bonchev–Trinajstić information content (AvgIpc) is 2.84. The summed E-state index contributed by atoms with van der Waals surface area (Å²) in [6, 6.07) is 0. The van der Waals surface area contributed by atoms with Crippen molar-refractivity contribution in [1.82, 2.24) is 19.4 Å². The van der Waals surface area contributed by atoms with E-state index in [9.17, 15) is 9.90 Å². The molecule has 2 rings (SSSR count). The molecule has 2 aromatic heterocycles. The minimum Gasteiger partial charge on any atom is -0.464 e. The van der Waals surface area contributed by atoms with E-state index in [-0.39, 0.29) is 0 Å². The molecule has 1 amide bonds. The Morgan fingerprint density at radius 3 is 2.45 bits per heavy atom. The fourth-order valence-electron chi connectivity index (χ4n) is 2.06. The lowest BCUT2D eigenvalue weighted by molar-refractivity contribution is 0.184. The fourth-order valence-corrected chi connectivity index (χ4v) is 2.06. The summed E-state index contributed by atoms with van der Waals surface area (Å²) in [4.78, 5) is 15.9. The molecule has 7 heteroatoms. The highest BCUT2D eigenvalue weighted by atomic mass is 16.4. The minimum absolute atomic E-state index is 0.566. The highest BCUT2D eigenvalue weighted by Gasteiger charge is 2.29. The van der Waals surface area contributed by atoms with Crippen molar-refractivity contribution in [2.45, 2.75) is 33.2 Å². The summed E-state index contributed by atoms with van der Waals surface area (Å²) in [5.41, 5.74) is 0.989. The first-order valence-corrected chi connectivity index (χ1v) is 6.28. The molecule has 0 fully saturated rings. The molecule has 0 aliphatic heterocycles. The van der Waals surface area contributed by atoms with Crippen LogP contribution >= 0.6 is 0 Å². The van der Waals surface area contributed by atoms with Crippen LogP contribution in [0.15, 0.2) is 18.6 Å². The summed E-state index contributed by atoms with van der Waals surface area (Å²) < 4.78 is 3.24. The first-order valence-electron chi connectivity index (χ1n) is 6.28. The standard InChI is InChI=1S/C13H19N5O2/c1-9-15-11(10-6-14-16(5)7-10)8-17(9)18(12(19)20)13(2,3)4/h6-8H,1-5H3,(H,19,20). The number of rotatable bonds is 2. The van der Waals surface area contributed by atoms with Gasteiger partial charge in [-0.1, -0.05) is 0 Å². The maximum Gasteiger partial charge on any atom is 0.427 e. The van der Waals surface area contributed by atoms with Crippen LogP contribution in [0, 0.1) is 6.92 Å². The van der Waals surface area contributed by atoms with Gasteiger partial charge in [-0.2, -0.15) is 5.10 Å². The van der Waals surface area contributed by atoms with Gasteiger partial charge in [-0.05, 0) is 27.7 Å². The van der Waals surface area contributed by atoms with Crippen LogP contribution in [0.25, 0.3) is 11.3 Å². The number of amides is 1. The Balaban J connectivity index is 2.48. The Kier molecular flexibility index (Phi) is 3.29. The molecule has 2 aromatic rings. The van der Waals surface area contributed by atoms with E-state index in [1.54, 1.807) is 28.7 Å². The van der Waals surface area contributed by atoms with Gasteiger partial charge in [0.05, 0.1) is 23.6 Å². The van der Waals surface area contributed by atoms with Gasteiger partial charge in [0.1, 0.15) is 5.82 Å². The molecule has 20 heavy (non-hydrogen) atoms. The third-order valence-corrected chi connectivity index (χ3v) is 2.89. The van der Waals surface area contributed by atoms with Gasteiger partial charge in [-0.3, -0.25) is 4.68 Å². The molecule has 0 radical (unpaired) electrons. The molecule has 0 bridgehead atoms. The zero-order chi connectivity index (χ0) is 15.1. The van der Waals surface area contributed by atoms with Gasteiger partial charge in [0, 0.05) is 18.8 Å². The molecule has 0 saturated heterocycles. The summed E-state index contributed by atoms with van der Waals surface area (Å²) in [6.07, 6.45) is 4.24. The van der Waals surface area contributed by atoms with Crippen molar-refractivity contribution in [3.63, 3.8) is 0 Å². The van der Waals surface area contributed by atoms with Crippen LogP contribution in [0.5, 0.6) is 0 Å². The van der Waals surface area contributed by atoms with Gasteiger partial charge >= 0.3 is 6.09 Å². The molecule has 0 aliphatic rings. The van der Waals surface area contributed by atoms with Gasteiger partial charge < -0.3 is 5.11 Å². The van der Waals surface area contributed by atoms with Crippen LogP contribution in [0.2, 0.25) is 0 Å². The minimum atomic E-state index is -1.02. The van der Waals surface area contributed by atoms with Gasteiger partial charge in [0.2, 0.25) is 0 Å². The number of carbonyl (C=O) groups is 1. The summed E-state index contributed by atoms with van der Waals surface area (Å²) >= 11 is 0. The monoisotopic (exact) mass is 277 g/mol. The second kappa shape index (κ2) is 4.66. The van der Waals surface area contributed by atoms with E-state index in [0.717, 1.165) is 5.56 Å². The number of nitrogens with zero attached hydrogens (tertiary/aromatic N) is 5. The van der Waals surface area contributed by atoms with E-state index >= 15 is 0 Å². The van der Waals surface area contributed by atoms with Crippen molar-refractivity contribution in [1.29, 1.82) is 0 Å². The predicted octanol–water partition coefficient (Wildman–Crippen LogP) is 2.01. The number of hydrogen-bond acceptors (Lipinski definition) is 3. The van der Waals surface area contributed by atoms with Crippen molar-refractivity contribution in [2.24, 2.45) is 7.05 Å². The topological polar surface area (TPSA) is 76.2 Å². The van der Waals surface area contributed by atoms with Crippen molar-refractivity contribution < 1.29 is 9.90 Å². The van der Waals surface area contributed by atoms with E-state index in [2.05, 4.69) is 10.1 Å². The van der Waals surface area contributed by atoms with E-state index in [1.807, 2.05) is 34.0 Å².